The van der Waals surface area contributed by atoms with E-state index in [1.54, 1.807) is 18.6 Å². The van der Waals surface area contributed by atoms with Crippen LogP contribution in [0, 0.1) is 0 Å². The zero-order chi connectivity index (χ0) is 14.4. The molecule has 0 aromatic carbocycles. The fourth-order valence-electron chi connectivity index (χ4n) is 1.71. The molecule has 2 rings (SSSR count). The molecule has 0 aliphatic heterocycles. The maximum atomic E-state index is 5.73. The van der Waals surface area contributed by atoms with Crippen LogP contribution in [-0.4, -0.2) is 27.6 Å². The van der Waals surface area contributed by atoms with Gasteiger partial charge in [0, 0.05) is 18.1 Å². The molecular formula is C15H20N4O. The van der Waals surface area contributed by atoms with Crippen molar-refractivity contribution in [2.75, 3.05) is 11.9 Å². The lowest BCUT2D eigenvalue weighted by Gasteiger charge is -2.15. The van der Waals surface area contributed by atoms with E-state index in [0.29, 0.717) is 18.4 Å². The summed E-state index contributed by atoms with van der Waals surface area (Å²) in [6.45, 7) is 6.85. The van der Waals surface area contributed by atoms with Gasteiger partial charge in [0.15, 0.2) is 0 Å². The molecule has 106 valence electrons. The zero-order valence-electron chi connectivity index (χ0n) is 12.1. The predicted molar refractivity (Wildman–Crippen MR) is 78.9 cm³/mol. The van der Waals surface area contributed by atoms with E-state index in [4.69, 9.17) is 4.74 Å². The van der Waals surface area contributed by atoms with E-state index in [-0.39, 0.29) is 6.10 Å². The Morgan fingerprint density at radius 1 is 1.20 bits per heavy atom. The molecule has 1 N–H and O–H groups in total. The molecule has 0 fully saturated rings. The summed E-state index contributed by atoms with van der Waals surface area (Å²) in [4.78, 5) is 12.7. The number of aromatic nitrogens is 3. The van der Waals surface area contributed by atoms with Gasteiger partial charge in [0.05, 0.1) is 12.7 Å². The standard InChI is InChI=1S/C15H20N4O/c1-11(2)14-6-8-17-15(19-14)18-9-12(3)20-13-5-4-7-16-10-13/h4-8,10-12H,9H2,1-3H3,(H,17,18,19). The topological polar surface area (TPSA) is 59.9 Å². The molecule has 0 aliphatic rings. The van der Waals surface area contributed by atoms with E-state index < -0.39 is 0 Å². The average molecular weight is 272 g/mol. The molecule has 0 saturated heterocycles. The molecule has 2 aromatic heterocycles. The Bertz CT molecular complexity index is 530. The fourth-order valence-corrected chi connectivity index (χ4v) is 1.71. The summed E-state index contributed by atoms with van der Waals surface area (Å²) in [5.74, 6) is 1.79. The Hall–Kier alpha value is -2.17. The summed E-state index contributed by atoms with van der Waals surface area (Å²) in [6, 6.07) is 5.68. The second kappa shape index (κ2) is 6.84. The van der Waals surface area contributed by atoms with Gasteiger partial charge in [-0.25, -0.2) is 9.97 Å². The highest BCUT2D eigenvalue weighted by Crippen LogP contribution is 2.12. The van der Waals surface area contributed by atoms with Gasteiger partial charge < -0.3 is 10.1 Å². The molecule has 5 nitrogen and oxygen atoms in total. The van der Waals surface area contributed by atoms with Crippen LogP contribution in [0.15, 0.2) is 36.8 Å². The van der Waals surface area contributed by atoms with Gasteiger partial charge in [-0.3, -0.25) is 4.98 Å². The van der Waals surface area contributed by atoms with E-state index in [2.05, 4.69) is 34.1 Å². The van der Waals surface area contributed by atoms with Crippen molar-refractivity contribution in [1.29, 1.82) is 0 Å². The third kappa shape index (κ3) is 4.19. The van der Waals surface area contributed by atoms with E-state index >= 15 is 0 Å². The molecule has 0 bridgehead atoms. The molecule has 1 unspecified atom stereocenters. The Kier molecular flexibility index (Phi) is 4.87. The van der Waals surface area contributed by atoms with Crippen LogP contribution in [0.25, 0.3) is 0 Å². The van der Waals surface area contributed by atoms with Gasteiger partial charge in [-0.15, -0.1) is 0 Å². The maximum absolute atomic E-state index is 5.73. The summed E-state index contributed by atoms with van der Waals surface area (Å²) < 4.78 is 5.73. The van der Waals surface area contributed by atoms with Crippen molar-refractivity contribution >= 4 is 5.95 Å². The molecular weight excluding hydrogens is 252 g/mol. The van der Waals surface area contributed by atoms with Crippen LogP contribution in [0.2, 0.25) is 0 Å². The van der Waals surface area contributed by atoms with E-state index in [1.807, 2.05) is 25.1 Å². The molecule has 20 heavy (non-hydrogen) atoms. The van der Waals surface area contributed by atoms with Crippen LogP contribution in [-0.2, 0) is 0 Å². The van der Waals surface area contributed by atoms with Crippen LogP contribution in [0.5, 0.6) is 5.75 Å². The first kappa shape index (κ1) is 14.2. The number of ether oxygens (including phenoxy) is 1. The lowest BCUT2D eigenvalue weighted by atomic mass is 10.1. The minimum Gasteiger partial charge on any atom is -0.487 e. The summed E-state index contributed by atoms with van der Waals surface area (Å²) >= 11 is 0. The highest BCUT2D eigenvalue weighted by Gasteiger charge is 2.06. The first-order valence-electron chi connectivity index (χ1n) is 6.78. The van der Waals surface area contributed by atoms with Crippen molar-refractivity contribution in [2.24, 2.45) is 0 Å². The Labute approximate surface area is 119 Å². The van der Waals surface area contributed by atoms with Gasteiger partial charge in [-0.1, -0.05) is 13.8 Å². The van der Waals surface area contributed by atoms with Crippen LogP contribution in [0.4, 0.5) is 5.95 Å². The SMILES string of the molecule is CC(CNc1nccc(C(C)C)n1)Oc1cccnc1. The monoisotopic (exact) mass is 272 g/mol. The molecule has 1 atom stereocenters. The number of hydrogen-bond acceptors (Lipinski definition) is 5. The maximum Gasteiger partial charge on any atom is 0.222 e. The van der Waals surface area contributed by atoms with Crippen LogP contribution in [0.3, 0.4) is 0 Å². The smallest absolute Gasteiger partial charge is 0.222 e. The normalized spacial score (nSPS) is 12.2. The van der Waals surface area contributed by atoms with E-state index in [0.717, 1.165) is 11.4 Å². The van der Waals surface area contributed by atoms with Crippen LogP contribution >= 0.6 is 0 Å². The van der Waals surface area contributed by atoms with Gasteiger partial charge in [0.1, 0.15) is 11.9 Å². The molecule has 0 spiro atoms. The van der Waals surface area contributed by atoms with Gasteiger partial charge in [-0.2, -0.15) is 0 Å². The molecule has 0 amide bonds. The summed E-state index contributed by atoms with van der Waals surface area (Å²) in [7, 11) is 0. The third-order valence-electron chi connectivity index (χ3n) is 2.79. The summed E-state index contributed by atoms with van der Waals surface area (Å²) in [6.07, 6.45) is 5.20. The number of nitrogens with one attached hydrogen (secondary N) is 1. The minimum absolute atomic E-state index is 0.00510. The Morgan fingerprint density at radius 3 is 2.75 bits per heavy atom. The Balaban J connectivity index is 1.87. The lowest BCUT2D eigenvalue weighted by molar-refractivity contribution is 0.233. The van der Waals surface area contributed by atoms with Gasteiger partial charge in [-0.05, 0) is 31.0 Å². The molecule has 5 heteroatoms. The molecule has 0 aliphatic carbocycles. The van der Waals surface area contributed by atoms with Crippen molar-refractivity contribution < 1.29 is 4.74 Å². The number of nitrogens with zero attached hydrogens (tertiary/aromatic N) is 3. The first-order valence-corrected chi connectivity index (χ1v) is 6.78. The molecule has 0 saturated carbocycles. The molecule has 2 heterocycles. The van der Waals surface area contributed by atoms with Gasteiger partial charge in [0.25, 0.3) is 0 Å². The van der Waals surface area contributed by atoms with Crippen LogP contribution in [0.1, 0.15) is 32.4 Å². The van der Waals surface area contributed by atoms with Crippen LogP contribution < -0.4 is 10.1 Å². The van der Waals surface area contributed by atoms with Crippen molar-refractivity contribution in [3.05, 3.63) is 42.5 Å². The third-order valence-corrected chi connectivity index (χ3v) is 2.79. The number of pyridine rings is 1. The zero-order valence-corrected chi connectivity index (χ0v) is 12.1. The minimum atomic E-state index is 0.00510. The first-order chi connectivity index (χ1) is 9.65. The van der Waals surface area contributed by atoms with Crippen molar-refractivity contribution in [3.8, 4) is 5.75 Å². The second-order valence-corrected chi connectivity index (χ2v) is 4.96. The molecule has 0 radical (unpaired) electrons. The largest absolute Gasteiger partial charge is 0.487 e. The van der Waals surface area contributed by atoms with E-state index in [9.17, 15) is 0 Å². The summed E-state index contributed by atoms with van der Waals surface area (Å²) in [5.41, 5.74) is 1.03. The van der Waals surface area contributed by atoms with E-state index in [1.165, 1.54) is 0 Å². The van der Waals surface area contributed by atoms with Crippen molar-refractivity contribution in [2.45, 2.75) is 32.8 Å². The summed E-state index contributed by atoms with van der Waals surface area (Å²) in [5, 5.41) is 3.19. The fraction of sp³-hybridized carbons (Fsp3) is 0.400. The highest BCUT2D eigenvalue weighted by atomic mass is 16.5. The average Bonchev–Trinajstić information content (AvgIpc) is 2.46. The van der Waals surface area contributed by atoms with Crippen molar-refractivity contribution in [3.63, 3.8) is 0 Å². The Morgan fingerprint density at radius 2 is 2.05 bits per heavy atom. The van der Waals surface area contributed by atoms with Gasteiger partial charge >= 0.3 is 0 Å². The molecule has 2 aromatic rings. The van der Waals surface area contributed by atoms with Gasteiger partial charge in [0.2, 0.25) is 5.95 Å². The number of hydrogen-bond donors (Lipinski definition) is 1. The van der Waals surface area contributed by atoms with Crippen molar-refractivity contribution in [1.82, 2.24) is 15.0 Å². The quantitative estimate of drug-likeness (QED) is 0.876. The number of anilines is 1. The predicted octanol–water partition coefficient (Wildman–Crippen LogP) is 2.87. The number of rotatable bonds is 6. The lowest BCUT2D eigenvalue weighted by Crippen LogP contribution is -2.23. The second-order valence-electron chi connectivity index (χ2n) is 4.96. The highest BCUT2D eigenvalue weighted by molar-refractivity contribution is 5.26.